The molecule has 1 aliphatic heterocycles. The van der Waals surface area contributed by atoms with E-state index in [0.717, 1.165) is 25.3 Å². The van der Waals surface area contributed by atoms with E-state index in [1.54, 1.807) is 17.5 Å². The number of pyridine rings is 1. The quantitative estimate of drug-likeness (QED) is 0.905. The number of nitrogens with zero attached hydrogens (tertiary/aromatic N) is 2. The molecule has 1 saturated heterocycles. The summed E-state index contributed by atoms with van der Waals surface area (Å²) in [5.41, 5.74) is 0.597. The zero-order valence-electron chi connectivity index (χ0n) is 14.1. The van der Waals surface area contributed by atoms with E-state index < -0.39 is 0 Å². The number of morpholine rings is 1. The standard InChI is InChI=1S/C18H23N3O2S/c1-13-11-21(12-14(2)23-13)17-6-5-15(10-20-17)18(22)19-8-7-16-4-3-9-24-16/h3-6,9-10,13-14H,7-8,11-12H2,1-2H3,(H,19,22). The van der Waals surface area contributed by atoms with Crippen molar-refractivity contribution in [1.29, 1.82) is 0 Å². The van der Waals surface area contributed by atoms with Gasteiger partial charge >= 0.3 is 0 Å². The van der Waals surface area contributed by atoms with Crippen molar-refractivity contribution in [2.24, 2.45) is 0 Å². The molecule has 0 bridgehead atoms. The molecule has 0 aliphatic carbocycles. The van der Waals surface area contributed by atoms with E-state index in [2.05, 4.69) is 35.1 Å². The van der Waals surface area contributed by atoms with Gasteiger partial charge in [0, 0.05) is 30.7 Å². The molecule has 5 nitrogen and oxygen atoms in total. The number of thiophene rings is 1. The molecular weight excluding hydrogens is 322 g/mol. The van der Waals surface area contributed by atoms with Crippen molar-refractivity contribution < 1.29 is 9.53 Å². The molecule has 2 aromatic heterocycles. The van der Waals surface area contributed by atoms with Crippen LogP contribution in [0.3, 0.4) is 0 Å². The van der Waals surface area contributed by atoms with Crippen molar-refractivity contribution in [2.45, 2.75) is 32.5 Å². The lowest BCUT2D eigenvalue weighted by molar-refractivity contribution is -0.00546. The molecular formula is C18H23N3O2S. The summed E-state index contributed by atoms with van der Waals surface area (Å²) in [4.78, 5) is 20.1. The first-order valence-corrected chi connectivity index (χ1v) is 9.17. The van der Waals surface area contributed by atoms with Crippen molar-refractivity contribution >= 4 is 23.1 Å². The van der Waals surface area contributed by atoms with Crippen LogP contribution in [0.2, 0.25) is 0 Å². The van der Waals surface area contributed by atoms with E-state index >= 15 is 0 Å². The molecule has 128 valence electrons. The highest BCUT2D eigenvalue weighted by atomic mass is 32.1. The fourth-order valence-corrected chi connectivity index (χ4v) is 3.64. The van der Waals surface area contributed by atoms with E-state index in [-0.39, 0.29) is 18.1 Å². The second-order valence-electron chi connectivity index (χ2n) is 6.15. The zero-order chi connectivity index (χ0) is 16.9. The fraction of sp³-hybridized carbons (Fsp3) is 0.444. The minimum Gasteiger partial charge on any atom is -0.372 e. The molecule has 1 aliphatic rings. The first kappa shape index (κ1) is 16.9. The normalized spacial score (nSPS) is 20.8. The van der Waals surface area contributed by atoms with Crippen LogP contribution in [0.1, 0.15) is 29.1 Å². The fourth-order valence-electron chi connectivity index (χ4n) is 2.93. The first-order valence-electron chi connectivity index (χ1n) is 8.29. The Morgan fingerprint density at radius 3 is 2.75 bits per heavy atom. The third-order valence-corrected chi connectivity index (χ3v) is 4.93. The maximum atomic E-state index is 12.2. The Bertz CT molecular complexity index is 647. The molecule has 3 heterocycles. The highest BCUT2D eigenvalue weighted by Gasteiger charge is 2.23. The number of nitrogens with one attached hydrogen (secondary N) is 1. The zero-order valence-corrected chi connectivity index (χ0v) is 14.9. The van der Waals surface area contributed by atoms with Gasteiger partial charge in [0.15, 0.2) is 0 Å². The van der Waals surface area contributed by atoms with Crippen LogP contribution in [0.4, 0.5) is 5.82 Å². The Morgan fingerprint density at radius 1 is 1.33 bits per heavy atom. The number of aromatic nitrogens is 1. The summed E-state index contributed by atoms with van der Waals surface area (Å²) in [5.74, 6) is 0.821. The average molecular weight is 345 g/mol. The van der Waals surface area contributed by atoms with Gasteiger partial charge in [-0.05, 0) is 43.8 Å². The first-order chi connectivity index (χ1) is 11.6. The highest BCUT2D eigenvalue weighted by molar-refractivity contribution is 7.09. The number of rotatable bonds is 5. The lowest BCUT2D eigenvalue weighted by Crippen LogP contribution is -2.45. The largest absolute Gasteiger partial charge is 0.372 e. The van der Waals surface area contributed by atoms with Crippen molar-refractivity contribution in [2.75, 3.05) is 24.5 Å². The number of hydrogen-bond acceptors (Lipinski definition) is 5. The summed E-state index contributed by atoms with van der Waals surface area (Å²) >= 11 is 1.71. The Morgan fingerprint density at radius 2 is 2.12 bits per heavy atom. The summed E-state index contributed by atoms with van der Waals surface area (Å²) in [7, 11) is 0. The molecule has 0 aromatic carbocycles. The number of anilines is 1. The molecule has 3 rings (SSSR count). The maximum absolute atomic E-state index is 12.2. The van der Waals surface area contributed by atoms with Gasteiger partial charge in [0.1, 0.15) is 5.82 Å². The molecule has 1 fully saturated rings. The second kappa shape index (κ2) is 7.77. The number of carbonyl (C=O) groups excluding carboxylic acids is 1. The van der Waals surface area contributed by atoms with Crippen molar-refractivity contribution in [3.05, 3.63) is 46.3 Å². The van der Waals surface area contributed by atoms with E-state index in [9.17, 15) is 4.79 Å². The van der Waals surface area contributed by atoms with Gasteiger partial charge in [-0.3, -0.25) is 4.79 Å². The van der Waals surface area contributed by atoms with Crippen molar-refractivity contribution in [1.82, 2.24) is 10.3 Å². The van der Waals surface area contributed by atoms with Gasteiger partial charge < -0.3 is 15.0 Å². The molecule has 1 N–H and O–H groups in total. The maximum Gasteiger partial charge on any atom is 0.252 e. The van der Waals surface area contributed by atoms with E-state index in [1.807, 2.05) is 23.6 Å². The van der Waals surface area contributed by atoms with Gasteiger partial charge in [-0.15, -0.1) is 11.3 Å². The van der Waals surface area contributed by atoms with Crippen molar-refractivity contribution in [3.63, 3.8) is 0 Å². The summed E-state index contributed by atoms with van der Waals surface area (Å²) in [6.07, 6.45) is 2.89. The third-order valence-electron chi connectivity index (χ3n) is 3.99. The third kappa shape index (κ3) is 4.33. The van der Waals surface area contributed by atoms with Gasteiger partial charge in [-0.2, -0.15) is 0 Å². The topological polar surface area (TPSA) is 54.5 Å². The van der Waals surface area contributed by atoms with Crippen LogP contribution >= 0.6 is 11.3 Å². The molecule has 24 heavy (non-hydrogen) atoms. The molecule has 0 radical (unpaired) electrons. The van der Waals surface area contributed by atoms with Gasteiger partial charge in [0.05, 0.1) is 17.8 Å². The van der Waals surface area contributed by atoms with Crippen LogP contribution in [0.25, 0.3) is 0 Å². The van der Waals surface area contributed by atoms with E-state index in [1.165, 1.54) is 4.88 Å². The van der Waals surface area contributed by atoms with Crippen LogP contribution in [-0.4, -0.2) is 42.7 Å². The predicted octanol–water partition coefficient (Wildman–Crippen LogP) is 2.73. The predicted molar refractivity (Wildman–Crippen MR) is 96.8 cm³/mol. The minimum absolute atomic E-state index is 0.0747. The van der Waals surface area contributed by atoms with Crippen LogP contribution in [0.5, 0.6) is 0 Å². The van der Waals surface area contributed by atoms with Gasteiger partial charge in [0.25, 0.3) is 5.91 Å². The average Bonchev–Trinajstić information content (AvgIpc) is 3.07. The number of hydrogen-bond donors (Lipinski definition) is 1. The van der Waals surface area contributed by atoms with Gasteiger partial charge in [-0.25, -0.2) is 4.98 Å². The minimum atomic E-state index is -0.0747. The lowest BCUT2D eigenvalue weighted by Gasteiger charge is -2.36. The van der Waals surface area contributed by atoms with Gasteiger partial charge in [0.2, 0.25) is 0 Å². The molecule has 0 spiro atoms. The summed E-state index contributed by atoms with van der Waals surface area (Å²) < 4.78 is 5.74. The SMILES string of the molecule is CC1CN(c2ccc(C(=O)NCCc3cccs3)cn2)CC(C)O1. The summed E-state index contributed by atoms with van der Waals surface area (Å²) in [5, 5.41) is 4.99. The summed E-state index contributed by atoms with van der Waals surface area (Å²) in [6.45, 7) is 6.42. The monoisotopic (exact) mass is 345 g/mol. The smallest absolute Gasteiger partial charge is 0.252 e. The van der Waals surface area contributed by atoms with Crippen LogP contribution in [-0.2, 0) is 11.2 Å². The Labute approximate surface area is 146 Å². The van der Waals surface area contributed by atoms with Gasteiger partial charge in [-0.1, -0.05) is 6.07 Å². The number of carbonyl (C=O) groups is 1. The van der Waals surface area contributed by atoms with Crippen LogP contribution < -0.4 is 10.2 Å². The molecule has 2 atom stereocenters. The molecule has 6 heteroatoms. The molecule has 2 unspecified atom stereocenters. The molecule has 0 saturated carbocycles. The lowest BCUT2D eigenvalue weighted by atomic mass is 10.2. The number of ether oxygens (including phenoxy) is 1. The second-order valence-corrected chi connectivity index (χ2v) is 7.18. The highest BCUT2D eigenvalue weighted by Crippen LogP contribution is 2.18. The van der Waals surface area contributed by atoms with Crippen LogP contribution in [0.15, 0.2) is 35.8 Å². The van der Waals surface area contributed by atoms with Crippen LogP contribution in [0, 0.1) is 0 Å². The summed E-state index contributed by atoms with van der Waals surface area (Å²) in [6, 6.07) is 7.86. The molecule has 1 amide bonds. The number of amides is 1. The van der Waals surface area contributed by atoms with E-state index in [4.69, 9.17) is 4.74 Å². The molecule has 2 aromatic rings. The Balaban J connectivity index is 1.54. The Kier molecular flexibility index (Phi) is 5.48. The van der Waals surface area contributed by atoms with Crippen molar-refractivity contribution in [3.8, 4) is 0 Å². The van der Waals surface area contributed by atoms with E-state index in [0.29, 0.717) is 12.1 Å². The Hall–Kier alpha value is -1.92.